The van der Waals surface area contributed by atoms with E-state index in [2.05, 4.69) is 4.90 Å². The number of rotatable bonds is 2. The molecule has 4 heteroatoms. The van der Waals surface area contributed by atoms with Gasteiger partial charge in [-0.15, -0.1) is 0 Å². The second-order valence-electron chi connectivity index (χ2n) is 4.07. The maximum absolute atomic E-state index is 7.04. The number of hydrogen-bond donors (Lipinski definition) is 2. The molecule has 2 aliphatic heterocycles. The van der Waals surface area contributed by atoms with Crippen LogP contribution in [0.15, 0.2) is 0 Å². The molecule has 2 rings (SSSR count). The monoisotopic (exact) mass is 183 g/mol. The number of hydrogen-bond acceptors (Lipinski definition) is 3. The highest BCUT2D eigenvalue weighted by Gasteiger charge is 2.44. The lowest BCUT2D eigenvalue weighted by Crippen LogP contribution is -2.43. The topological polar surface area (TPSA) is 62.3 Å². The van der Waals surface area contributed by atoms with Crippen molar-refractivity contribution in [2.45, 2.75) is 31.2 Å². The maximum Gasteiger partial charge on any atom is 0.279 e. The van der Waals surface area contributed by atoms with Crippen LogP contribution in [0.2, 0.25) is 0 Å². The Balaban J connectivity index is 1.97. The van der Waals surface area contributed by atoms with Crippen molar-refractivity contribution in [2.75, 3.05) is 19.7 Å². The van der Waals surface area contributed by atoms with E-state index in [4.69, 9.17) is 15.9 Å². The van der Waals surface area contributed by atoms with Crippen molar-refractivity contribution < 1.29 is 4.74 Å². The summed E-state index contributed by atoms with van der Waals surface area (Å²) in [6.45, 7) is 3.00. The number of amidine groups is 1. The van der Waals surface area contributed by atoms with Crippen LogP contribution in [0.4, 0.5) is 0 Å². The van der Waals surface area contributed by atoms with Gasteiger partial charge < -0.3 is 10.5 Å². The predicted octanol–water partition coefficient (Wildman–Crippen LogP) is 0.525. The quantitative estimate of drug-likeness (QED) is 0.485. The molecule has 0 aromatic heterocycles. The summed E-state index contributed by atoms with van der Waals surface area (Å²) in [5, 5.41) is 7.04. The fourth-order valence-electron chi connectivity index (χ4n) is 2.67. The second kappa shape index (κ2) is 3.18. The van der Waals surface area contributed by atoms with Crippen LogP contribution in [-0.2, 0) is 4.74 Å². The van der Waals surface area contributed by atoms with Crippen molar-refractivity contribution >= 4 is 6.02 Å². The molecule has 0 atom stereocenters. The number of nitrogens with one attached hydrogen (secondary N) is 1. The minimum absolute atomic E-state index is 0.145. The second-order valence-corrected chi connectivity index (χ2v) is 4.07. The molecule has 3 N–H and O–H groups in total. The van der Waals surface area contributed by atoms with Crippen LogP contribution in [0.3, 0.4) is 0 Å². The number of fused-ring (bicyclic) bond motifs is 1. The van der Waals surface area contributed by atoms with Gasteiger partial charge in [-0.3, -0.25) is 10.3 Å². The van der Waals surface area contributed by atoms with Crippen LogP contribution in [0.25, 0.3) is 0 Å². The number of nitrogens with two attached hydrogens (primary N) is 1. The van der Waals surface area contributed by atoms with Gasteiger partial charge in [0.05, 0.1) is 5.54 Å². The molecule has 0 radical (unpaired) electrons. The van der Waals surface area contributed by atoms with Gasteiger partial charge >= 0.3 is 0 Å². The van der Waals surface area contributed by atoms with E-state index in [9.17, 15) is 0 Å². The van der Waals surface area contributed by atoms with E-state index in [0.717, 1.165) is 0 Å². The third kappa shape index (κ3) is 1.50. The smallest absolute Gasteiger partial charge is 0.279 e. The molecule has 0 aromatic carbocycles. The van der Waals surface area contributed by atoms with Crippen molar-refractivity contribution in [2.24, 2.45) is 5.73 Å². The molecular formula is C9H17N3O. The van der Waals surface area contributed by atoms with E-state index in [0.29, 0.717) is 6.61 Å². The first-order valence-electron chi connectivity index (χ1n) is 4.95. The van der Waals surface area contributed by atoms with Crippen molar-refractivity contribution in [3.63, 3.8) is 0 Å². The highest BCUT2D eigenvalue weighted by molar-refractivity contribution is 5.67. The molecular weight excluding hydrogens is 166 g/mol. The fourth-order valence-corrected chi connectivity index (χ4v) is 2.67. The van der Waals surface area contributed by atoms with Crippen molar-refractivity contribution in [1.82, 2.24) is 4.90 Å². The lowest BCUT2D eigenvalue weighted by molar-refractivity contribution is 0.105. The van der Waals surface area contributed by atoms with Crippen LogP contribution in [0.1, 0.15) is 25.7 Å². The standard InChI is InChI=1S/C9H17N3O/c10-8(11)13-7-9-3-1-5-12(9)6-2-4-9/h1-7H2,(H3,10,11). The van der Waals surface area contributed by atoms with E-state index >= 15 is 0 Å². The Bertz CT molecular complexity index is 207. The van der Waals surface area contributed by atoms with Gasteiger partial charge in [-0.25, -0.2) is 0 Å². The Morgan fingerprint density at radius 1 is 1.38 bits per heavy atom. The Kier molecular flexibility index (Phi) is 2.15. The third-order valence-electron chi connectivity index (χ3n) is 3.31. The van der Waals surface area contributed by atoms with Crippen molar-refractivity contribution in [3.05, 3.63) is 0 Å². The predicted molar refractivity (Wildman–Crippen MR) is 50.6 cm³/mol. The zero-order chi connectivity index (χ0) is 9.31. The average molecular weight is 183 g/mol. The number of ether oxygens (including phenoxy) is 1. The van der Waals surface area contributed by atoms with Crippen LogP contribution < -0.4 is 5.73 Å². The van der Waals surface area contributed by atoms with Gasteiger partial charge in [0.1, 0.15) is 6.61 Å². The normalized spacial score (nSPS) is 25.8. The first kappa shape index (κ1) is 8.81. The highest BCUT2D eigenvalue weighted by atomic mass is 16.5. The van der Waals surface area contributed by atoms with Gasteiger partial charge in [0, 0.05) is 0 Å². The van der Waals surface area contributed by atoms with Gasteiger partial charge in [0.25, 0.3) is 6.02 Å². The minimum Gasteiger partial charge on any atom is -0.464 e. The molecule has 0 amide bonds. The van der Waals surface area contributed by atoms with Crippen LogP contribution >= 0.6 is 0 Å². The summed E-state index contributed by atoms with van der Waals surface area (Å²) < 4.78 is 5.15. The van der Waals surface area contributed by atoms with Gasteiger partial charge in [0.2, 0.25) is 0 Å². The average Bonchev–Trinajstić information content (AvgIpc) is 2.57. The molecule has 2 saturated heterocycles. The first-order chi connectivity index (χ1) is 6.23. The van der Waals surface area contributed by atoms with Gasteiger partial charge in [-0.1, -0.05) is 0 Å². The Morgan fingerprint density at radius 2 is 2.00 bits per heavy atom. The summed E-state index contributed by atoms with van der Waals surface area (Å²) in [5.74, 6) is 0. The summed E-state index contributed by atoms with van der Waals surface area (Å²) in [6, 6.07) is -0.145. The van der Waals surface area contributed by atoms with Gasteiger partial charge in [-0.05, 0) is 38.8 Å². The number of nitrogens with zero attached hydrogens (tertiary/aromatic N) is 1. The fraction of sp³-hybridized carbons (Fsp3) is 0.889. The molecule has 74 valence electrons. The van der Waals surface area contributed by atoms with Crippen molar-refractivity contribution in [1.29, 1.82) is 5.41 Å². The summed E-state index contributed by atoms with van der Waals surface area (Å²) in [5.41, 5.74) is 5.42. The lowest BCUT2D eigenvalue weighted by Gasteiger charge is -2.31. The summed E-state index contributed by atoms with van der Waals surface area (Å²) >= 11 is 0. The van der Waals surface area contributed by atoms with Crippen LogP contribution in [0, 0.1) is 5.41 Å². The summed E-state index contributed by atoms with van der Waals surface area (Å²) in [7, 11) is 0. The van der Waals surface area contributed by atoms with E-state index in [1.54, 1.807) is 0 Å². The molecule has 2 aliphatic rings. The van der Waals surface area contributed by atoms with Crippen LogP contribution in [0.5, 0.6) is 0 Å². The van der Waals surface area contributed by atoms with E-state index in [1.807, 2.05) is 0 Å². The minimum atomic E-state index is -0.145. The molecule has 0 saturated carbocycles. The molecule has 2 heterocycles. The highest BCUT2D eigenvalue weighted by Crippen LogP contribution is 2.38. The van der Waals surface area contributed by atoms with E-state index < -0.39 is 0 Å². The molecule has 2 fully saturated rings. The molecule has 0 aromatic rings. The Morgan fingerprint density at radius 3 is 2.54 bits per heavy atom. The Hall–Kier alpha value is -0.770. The molecule has 0 unspecified atom stereocenters. The maximum atomic E-state index is 7.04. The molecule has 0 aliphatic carbocycles. The van der Waals surface area contributed by atoms with Gasteiger partial charge in [-0.2, -0.15) is 0 Å². The lowest BCUT2D eigenvalue weighted by atomic mass is 9.95. The zero-order valence-electron chi connectivity index (χ0n) is 7.88. The largest absolute Gasteiger partial charge is 0.464 e. The van der Waals surface area contributed by atoms with E-state index in [1.165, 1.54) is 38.8 Å². The zero-order valence-corrected chi connectivity index (χ0v) is 7.88. The molecule has 0 bridgehead atoms. The molecule has 13 heavy (non-hydrogen) atoms. The van der Waals surface area contributed by atoms with Crippen LogP contribution in [-0.4, -0.2) is 36.2 Å². The third-order valence-corrected chi connectivity index (χ3v) is 3.31. The molecule has 0 spiro atoms. The summed E-state index contributed by atoms with van der Waals surface area (Å²) in [6.07, 6.45) is 4.95. The van der Waals surface area contributed by atoms with E-state index in [-0.39, 0.29) is 11.6 Å². The van der Waals surface area contributed by atoms with Gasteiger partial charge in [0.15, 0.2) is 0 Å². The Labute approximate surface area is 78.5 Å². The van der Waals surface area contributed by atoms with Crippen molar-refractivity contribution in [3.8, 4) is 0 Å². The first-order valence-corrected chi connectivity index (χ1v) is 4.95. The summed E-state index contributed by atoms with van der Waals surface area (Å²) in [4.78, 5) is 2.50. The SMILES string of the molecule is N=C(N)OCC12CCCN1CCC2. The molecule has 4 nitrogen and oxygen atoms in total.